The van der Waals surface area contributed by atoms with Gasteiger partial charge in [-0.3, -0.25) is 4.79 Å². The van der Waals surface area contributed by atoms with Crippen molar-refractivity contribution in [2.45, 2.75) is 59.6 Å². The normalized spacial score (nSPS) is 15.1. The first-order valence-corrected chi connectivity index (χ1v) is 5.02. The predicted octanol–water partition coefficient (Wildman–Crippen LogP) is 2.09. The summed E-state index contributed by atoms with van der Waals surface area (Å²) in [6, 6.07) is -0.0185. The van der Waals surface area contributed by atoms with Crippen molar-refractivity contribution in [1.29, 1.82) is 0 Å². The summed E-state index contributed by atoms with van der Waals surface area (Å²) in [6.45, 7) is 11.4. The van der Waals surface area contributed by atoms with Crippen LogP contribution in [-0.4, -0.2) is 17.6 Å². The lowest BCUT2D eigenvalue weighted by atomic mass is 9.83. The van der Waals surface area contributed by atoms with Crippen LogP contribution in [0.25, 0.3) is 0 Å². The van der Waals surface area contributed by atoms with Gasteiger partial charge in [0.25, 0.3) is 0 Å². The molecule has 0 saturated carbocycles. The molecule has 0 heterocycles. The van der Waals surface area contributed by atoms with E-state index in [2.05, 4.69) is 0 Å². The molecule has 0 rings (SSSR count). The van der Waals surface area contributed by atoms with Crippen molar-refractivity contribution in [3.63, 3.8) is 0 Å². The first-order chi connectivity index (χ1) is 6.04. The Labute approximate surface area is 87.0 Å². The minimum atomic E-state index is -0.412. The summed E-state index contributed by atoms with van der Waals surface area (Å²) >= 11 is 0. The fourth-order valence-electron chi connectivity index (χ4n) is 0.911. The molecular formula is C11H23NO2. The summed E-state index contributed by atoms with van der Waals surface area (Å²) in [7, 11) is 0. The monoisotopic (exact) mass is 201 g/mol. The van der Waals surface area contributed by atoms with Crippen LogP contribution in [0.2, 0.25) is 0 Å². The highest BCUT2D eigenvalue weighted by atomic mass is 16.6. The van der Waals surface area contributed by atoms with Gasteiger partial charge in [0.1, 0.15) is 5.60 Å². The van der Waals surface area contributed by atoms with Crippen LogP contribution < -0.4 is 5.73 Å². The highest BCUT2D eigenvalue weighted by Crippen LogP contribution is 2.25. The maximum Gasteiger partial charge on any atom is 0.306 e. The van der Waals surface area contributed by atoms with Crippen LogP contribution in [0.4, 0.5) is 0 Å². The Morgan fingerprint density at radius 3 is 2.00 bits per heavy atom. The van der Waals surface area contributed by atoms with Gasteiger partial charge in [0.05, 0.1) is 6.42 Å². The first kappa shape index (κ1) is 13.4. The molecule has 2 N–H and O–H groups in total. The Morgan fingerprint density at radius 2 is 1.71 bits per heavy atom. The summed E-state index contributed by atoms with van der Waals surface area (Å²) in [5.41, 5.74) is 5.16. The molecule has 0 bridgehead atoms. The molecule has 0 spiro atoms. The molecule has 14 heavy (non-hydrogen) atoms. The molecule has 3 heteroatoms. The van der Waals surface area contributed by atoms with Gasteiger partial charge < -0.3 is 10.5 Å². The quantitative estimate of drug-likeness (QED) is 0.711. The smallest absolute Gasteiger partial charge is 0.306 e. The summed E-state index contributed by atoms with van der Waals surface area (Å²) in [4.78, 5) is 11.5. The Bertz CT molecular complexity index is 202. The van der Waals surface area contributed by atoms with E-state index in [1.807, 2.05) is 41.5 Å². The van der Waals surface area contributed by atoms with Gasteiger partial charge in [-0.25, -0.2) is 0 Å². The largest absolute Gasteiger partial charge is 0.460 e. The Hall–Kier alpha value is -0.570. The molecule has 1 atom stereocenters. The molecule has 0 amide bonds. The van der Waals surface area contributed by atoms with Crippen molar-refractivity contribution in [3.8, 4) is 0 Å². The summed E-state index contributed by atoms with van der Waals surface area (Å²) < 4.78 is 5.23. The molecule has 0 aliphatic heterocycles. The van der Waals surface area contributed by atoms with E-state index in [0.29, 0.717) is 6.42 Å². The molecule has 0 fully saturated rings. The number of carbonyl (C=O) groups is 1. The Balaban J connectivity index is 4.20. The highest BCUT2D eigenvalue weighted by molar-refractivity contribution is 5.70. The van der Waals surface area contributed by atoms with Gasteiger partial charge in [0, 0.05) is 6.04 Å². The zero-order chi connectivity index (χ0) is 11.6. The van der Waals surface area contributed by atoms with Crippen molar-refractivity contribution in [2.24, 2.45) is 11.1 Å². The average molecular weight is 201 g/mol. The van der Waals surface area contributed by atoms with Crippen molar-refractivity contribution in [2.75, 3.05) is 0 Å². The first-order valence-electron chi connectivity index (χ1n) is 5.02. The number of carbonyl (C=O) groups excluding carboxylic acids is 1. The molecule has 1 unspecified atom stereocenters. The number of nitrogens with two attached hydrogens (primary N) is 1. The lowest BCUT2D eigenvalue weighted by Gasteiger charge is -2.29. The molecule has 0 aliphatic carbocycles. The summed E-state index contributed by atoms with van der Waals surface area (Å²) in [5, 5.41) is 0. The van der Waals surface area contributed by atoms with Crippen LogP contribution in [0.15, 0.2) is 0 Å². The van der Waals surface area contributed by atoms with Crippen LogP contribution in [0.1, 0.15) is 48.0 Å². The fourth-order valence-corrected chi connectivity index (χ4v) is 0.911. The lowest BCUT2D eigenvalue weighted by Crippen LogP contribution is -2.38. The minimum absolute atomic E-state index is 0.0185. The van der Waals surface area contributed by atoms with E-state index in [1.54, 1.807) is 0 Å². The van der Waals surface area contributed by atoms with Crippen molar-refractivity contribution in [1.82, 2.24) is 0 Å². The second-order valence-electron chi connectivity index (χ2n) is 5.54. The number of rotatable bonds is 3. The molecule has 84 valence electrons. The van der Waals surface area contributed by atoms with Crippen molar-refractivity contribution < 1.29 is 9.53 Å². The van der Waals surface area contributed by atoms with E-state index in [9.17, 15) is 4.79 Å². The molecule has 0 saturated heterocycles. The minimum Gasteiger partial charge on any atom is -0.460 e. The van der Waals surface area contributed by atoms with Gasteiger partial charge in [-0.2, -0.15) is 0 Å². The van der Waals surface area contributed by atoms with E-state index < -0.39 is 5.60 Å². The molecule has 0 aromatic rings. The Kier molecular flexibility index (Phi) is 4.13. The van der Waals surface area contributed by atoms with Gasteiger partial charge in [0.2, 0.25) is 0 Å². The van der Waals surface area contributed by atoms with E-state index >= 15 is 0 Å². The third-order valence-corrected chi connectivity index (χ3v) is 2.25. The topological polar surface area (TPSA) is 52.3 Å². The number of hydrogen-bond donors (Lipinski definition) is 1. The highest BCUT2D eigenvalue weighted by Gasteiger charge is 2.28. The van der Waals surface area contributed by atoms with Crippen LogP contribution >= 0.6 is 0 Å². The number of hydrogen-bond acceptors (Lipinski definition) is 3. The second-order valence-corrected chi connectivity index (χ2v) is 5.54. The lowest BCUT2D eigenvalue weighted by molar-refractivity contribution is -0.157. The zero-order valence-corrected chi connectivity index (χ0v) is 10.2. The molecule has 0 aromatic carbocycles. The maximum atomic E-state index is 11.5. The zero-order valence-electron chi connectivity index (χ0n) is 10.2. The molecule has 0 aromatic heterocycles. The van der Waals surface area contributed by atoms with Crippen LogP contribution in [0, 0.1) is 5.41 Å². The average Bonchev–Trinajstić information content (AvgIpc) is 1.79. The van der Waals surface area contributed by atoms with Gasteiger partial charge in [-0.1, -0.05) is 13.8 Å². The van der Waals surface area contributed by atoms with Crippen LogP contribution in [0.3, 0.4) is 0 Å². The van der Waals surface area contributed by atoms with E-state index in [4.69, 9.17) is 10.5 Å². The van der Waals surface area contributed by atoms with Crippen LogP contribution in [0.5, 0.6) is 0 Å². The molecule has 0 radical (unpaired) electrons. The van der Waals surface area contributed by atoms with Crippen molar-refractivity contribution in [3.05, 3.63) is 0 Å². The maximum absolute atomic E-state index is 11.5. The Morgan fingerprint density at radius 1 is 1.29 bits per heavy atom. The fraction of sp³-hybridized carbons (Fsp3) is 0.909. The summed E-state index contributed by atoms with van der Waals surface area (Å²) in [5.74, 6) is -0.181. The number of esters is 1. The molecular weight excluding hydrogens is 178 g/mol. The molecule has 3 nitrogen and oxygen atoms in total. The second kappa shape index (κ2) is 4.30. The SMILES string of the molecule is CC(N)C(C)(C)CC(=O)OC(C)(C)C. The number of ether oxygens (including phenoxy) is 1. The van der Waals surface area contributed by atoms with E-state index in [0.717, 1.165) is 0 Å². The van der Waals surface area contributed by atoms with Gasteiger partial charge in [0.15, 0.2) is 0 Å². The van der Waals surface area contributed by atoms with Gasteiger partial charge in [-0.05, 0) is 33.1 Å². The van der Waals surface area contributed by atoms with Gasteiger partial charge in [-0.15, -0.1) is 0 Å². The van der Waals surface area contributed by atoms with Crippen molar-refractivity contribution >= 4 is 5.97 Å². The van der Waals surface area contributed by atoms with Gasteiger partial charge >= 0.3 is 5.97 Å². The predicted molar refractivity (Wildman–Crippen MR) is 57.9 cm³/mol. The molecule has 0 aliphatic rings. The van der Waals surface area contributed by atoms with E-state index in [-0.39, 0.29) is 17.4 Å². The third-order valence-electron chi connectivity index (χ3n) is 2.25. The van der Waals surface area contributed by atoms with Crippen LogP contribution in [-0.2, 0) is 9.53 Å². The standard InChI is InChI=1S/C11H23NO2/c1-8(12)11(5,6)7-9(13)14-10(2,3)4/h8H,7,12H2,1-6H3. The van der Waals surface area contributed by atoms with E-state index in [1.165, 1.54) is 0 Å². The summed E-state index contributed by atoms with van der Waals surface area (Å²) in [6.07, 6.45) is 0.363. The third kappa shape index (κ3) is 5.22.